The molecule has 2 aromatic rings. The Kier molecular flexibility index (Phi) is 4.32. The molecule has 2 aromatic carbocycles. The van der Waals surface area contributed by atoms with Crippen molar-refractivity contribution in [2.45, 2.75) is 30.7 Å². The van der Waals surface area contributed by atoms with Crippen molar-refractivity contribution in [3.63, 3.8) is 0 Å². The van der Waals surface area contributed by atoms with Crippen LogP contribution in [0.15, 0.2) is 47.4 Å². The van der Waals surface area contributed by atoms with E-state index in [1.54, 1.807) is 12.1 Å². The first-order valence-electron chi connectivity index (χ1n) is 7.41. The lowest BCUT2D eigenvalue weighted by atomic mass is 9.88. The molecule has 2 unspecified atom stereocenters. The number of fused-ring (bicyclic) bond motifs is 1. The van der Waals surface area contributed by atoms with Gasteiger partial charge in [0.25, 0.3) is 0 Å². The summed E-state index contributed by atoms with van der Waals surface area (Å²) < 4.78 is 13.8. The van der Waals surface area contributed by atoms with Crippen LogP contribution >= 0.6 is 11.8 Å². The van der Waals surface area contributed by atoms with Crippen molar-refractivity contribution in [2.24, 2.45) is 0 Å². The second-order valence-electron chi connectivity index (χ2n) is 5.55. The molecule has 0 aromatic heterocycles. The fourth-order valence-corrected chi connectivity index (χ4v) is 4.41. The largest absolute Gasteiger partial charge is 0.310 e. The third kappa shape index (κ3) is 2.99. The van der Waals surface area contributed by atoms with Gasteiger partial charge in [-0.15, -0.1) is 11.8 Å². The third-order valence-corrected chi connectivity index (χ3v) is 5.20. The second kappa shape index (κ2) is 6.20. The maximum Gasteiger partial charge on any atom is 0.123 e. The van der Waals surface area contributed by atoms with Crippen molar-refractivity contribution in [1.82, 2.24) is 5.32 Å². The van der Waals surface area contributed by atoms with Crippen LogP contribution < -0.4 is 5.32 Å². The highest BCUT2D eigenvalue weighted by molar-refractivity contribution is 7.99. The molecule has 3 rings (SSSR count). The van der Waals surface area contributed by atoms with Gasteiger partial charge in [-0.1, -0.05) is 31.2 Å². The topological polar surface area (TPSA) is 12.0 Å². The Hall–Kier alpha value is -1.32. The molecule has 0 saturated carbocycles. The molecule has 0 radical (unpaired) electrons. The molecule has 21 heavy (non-hydrogen) atoms. The van der Waals surface area contributed by atoms with E-state index in [1.165, 1.54) is 10.5 Å². The van der Waals surface area contributed by atoms with Gasteiger partial charge < -0.3 is 5.32 Å². The normalized spacial score (nSPS) is 18.5. The highest BCUT2D eigenvalue weighted by Crippen LogP contribution is 2.45. The van der Waals surface area contributed by atoms with E-state index in [0.29, 0.717) is 5.92 Å². The average molecular weight is 301 g/mol. The monoisotopic (exact) mass is 301 g/mol. The molecule has 0 fully saturated rings. The predicted molar refractivity (Wildman–Crippen MR) is 87.5 cm³/mol. The van der Waals surface area contributed by atoms with Crippen molar-refractivity contribution >= 4 is 11.8 Å². The quantitative estimate of drug-likeness (QED) is 0.880. The van der Waals surface area contributed by atoms with Gasteiger partial charge in [-0.3, -0.25) is 0 Å². The molecule has 0 spiro atoms. The van der Waals surface area contributed by atoms with Crippen molar-refractivity contribution in [3.05, 3.63) is 65.0 Å². The molecule has 0 aliphatic carbocycles. The number of nitrogens with one attached hydrogen (secondary N) is 1. The van der Waals surface area contributed by atoms with Crippen LogP contribution in [0.3, 0.4) is 0 Å². The van der Waals surface area contributed by atoms with Crippen LogP contribution in [0.2, 0.25) is 0 Å². The molecule has 2 atom stereocenters. The molecule has 3 heteroatoms. The fraction of sp³-hybridized carbons (Fsp3) is 0.333. The molecule has 1 aliphatic heterocycles. The van der Waals surface area contributed by atoms with E-state index in [0.717, 1.165) is 23.4 Å². The molecule has 0 bridgehead atoms. The summed E-state index contributed by atoms with van der Waals surface area (Å²) in [5, 5.41) is 3.56. The van der Waals surface area contributed by atoms with Gasteiger partial charge in [-0.05, 0) is 48.4 Å². The summed E-state index contributed by atoms with van der Waals surface area (Å²) in [5.41, 5.74) is 3.42. The molecular formula is C18H20FNS. The summed E-state index contributed by atoms with van der Waals surface area (Å²) in [6, 6.07) is 14.1. The molecule has 1 nitrogen and oxygen atoms in total. The highest BCUT2D eigenvalue weighted by atomic mass is 32.2. The summed E-state index contributed by atoms with van der Waals surface area (Å²) in [5.74, 6) is 1.30. The number of hydrogen-bond acceptors (Lipinski definition) is 2. The lowest BCUT2D eigenvalue weighted by Crippen LogP contribution is -2.27. The van der Waals surface area contributed by atoms with Gasteiger partial charge >= 0.3 is 0 Å². The summed E-state index contributed by atoms with van der Waals surface area (Å²) in [7, 11) is 0. The Morgan fingerprint density at radius 2 is 2.10 bits per heavy atom. The number of likely N-dealkylation sites (N-methyl/N-ethyl adjacent to an activating group) is 1. The molecule has 0 saturated heterocycles. The second-order valence-corrected chi connectivity index (χ2v) is 6.61. The van der Waals surface area contributed by atoms with Gasteiger partial charge in [0.1, 0.15) is 5.82 Å². The lowest BCUT2D eigenvalue weighted by molar-refractivity contribution is 0.481. The smallest absolute Gasteiger partial charge is 0.123 e. The van der Waals surface area contributed by atoms with Crippen molar-refractivity contribution in [3.8, 4) is 0 Å². The van der Waals surface area contributed by atoms with E-state index in [4.69, 9.17) is 0 Å². The van der Waals surface area contributed by atoms with Gasteiger partial charge in [0.15, 0.2) is 0 Å². The van der Waals surface area contributed by atoms with Crippen LogP contribution in [-0.4, -0.2) is 12.3 Å². The zero-order valence-electron chi connectivity index (χ0n) is 12.4. The Bertz CT molecular complexity index is 621. The van der Waals surface area contributed by atoms with E-state index < -0.39 is 0 Å². The number of halogens is 1. The SMILES string of the molecule is CCNC(c1cc(C)cc(F)c1)C1CSc2ccccc21. The van der Waals surface area contributed by atoms with Crippen LogP contribution in [0.25, 0.3) is 0 Å². The Morgan fingerprint density at radius 1 is 1.29 bits per heavy atom. The van der Waals surface area contributed by atoms with Crippen LogP contribution in [0.5, 0.6) is 0 Å². The standard InChI is InChI=1S/C18H20FNS/c1-3-20-18(13-8-12(2)9-14(19)10-13)16-11-21-17-7-5-4-6-15(16)17/h4-10,16,18,20H,3,11H2,1-2H3. The zero-order valence-corrected chi connectivity index (χ0v) is 13.2. The van der Waals surface area contributed by atoms with Crippen LogP contribution in [0.4, 0.5) is 4.39 Å². The number of benzene rings is 2. The van der Waals surface area contributed by atoms with E-state index in [1.807, 2.05) is 18.7 Å². The summed E-state index contributed by atoms with van der Waals surface area (Å²) in [4.78, 5) is 1.36. The maximum atomic E-state index is 13.8. The van der Waals surface area contributed by atoms with E-state index in [2.05, 4.69) is 42.6 Å². The molecule has 0 amide bonds. The number of rotatable bonds is 4. The van der Waals surface area contributed by atoms with Gasteiger partial charge in [0.05, 0.1) is 0 Å². The Labute approximate surface area is 130 Å². The maximum absolute atomic E-state index is 13.8. The van der Waals surface area contributed by atoms with Crippen molar-refractivity contribution < 1.29 is 4.39 Å². The zero-order chi connectivity index (χ0) is 14.8. The molecule has 1 N–H and O–H groups in total. The highest BCUT2D eigenvalue weighted by Gasteiger charge is 2.31. The van der Waals surface area contributed by atoms with E-state index in [-0.39, 0.29) is 11.9 Å². The van der Waals surface area contributed by atoms with Gasteiger partial charge in [0.2, 0.25) is 0 Å². The van der Waals surface area contributed by atoms with E-state index in [9.17, 15) is 4.39 Å². The van der Waals surface area contributed by atoms with Gasteiger partial charge in [0, 0.05) is 22.6 Å². The van der Waals surface area contributed by atoms with Crippen LogP contribution in [0, 0.1) is 12.7 Å². The minimum atomic E-state index is -0.146. The Balaban J connectivity index is 1.99. The summed E-state index contributed by atoms with van der Waals surface area (Å²) >= 11 is 1.90. The van der Waals surface area contributed by atoms with Crippen LogP contribution in [0.1, 0.15) is 35.6 Å². The Morgan fingerprint density at radius 3 is 2.86 bits per heavy atom. The molecule has 1 aliphatic rings. The number of thioether (sulfide) groups is 1. The average Bonchev–Trinajstić information content (AvgIpc) is 2.87. The van der Waals surface area contributed by atoms with Crippen LogP contribution in [-0.2, 0) is 0 Å². The van der Waals surface area contributed by atoms with Crippen molar-refractivity contribution in [2.75, 3.05) is 12.3 Å². The summed E-state index contributed by atoms with van der Waals surface area (Å²) in [6.45, 7) is 4.93. The van der Waals surface area contributed by atoms with Crippen molar-refractivity contribution in [1.29, 1.82) is 0 Å². The van der Waals surface area contributed by atoms with E-state index >= 15 is 0 Å². The van der Waals surface area contributed by atoms with Gasteiger partial charge in [-0.2, -0.15) is 0 Å². The molecular weight excluding hydrogens is 281 g/mol. The fourth-order valence-electron chi connectivity index (χ4n) is 3.12. The first-order valence-corrected chi connectivity index (χ1v) is 8.40. The number of aryl methyl sites for hydroxylation is 1. The minimum absolute atomic E-state index is 0.146. The van der Waals surface area contributed by atoms with Gasteiger partial charge in [-0.25, -0.2) is 4.39 Å². The molecule has 110 valence electrons. The predicted octanol–water partition coefficient (Wildman–Crippen LogP) is 4.67. The third-order valence-electron chi connectivity index (χ3n) is 3.99. The lowest BCUT2D eigenvalue weighted by Gasteiger charge is -2.26. The first-order chi connectivity index (χ1) is 10.2. The molecule has 1 heterocycles. The first kappa shape index (κ1) is 14.6. The number of hydrogen-bond donors (Lipinski definition) is 1. The summed E-state index contributed by atoms with van der Waals surface area (Å²) in [6.07, 6.45) is 0. The minimum Gasteiger partial charge on any atom is -0.310 e.